The molecule has 0 amide bonds. The van der Waals surface area contributed by atoms with Crippen LogP contribution in [-0.4, -0.2) is 11.6 Å². The van der Waals surface area contributed by atoms with E-state index in [0.717, 1.165) is 17.7 Å². The number of hydrogen-bond donors (Lipinski definition) is 1. The van der Waals surface area contributed by atoms with Gasteiger partial charge in [-0.1, -0.05) is 0 Å². The van der Waals surface area contributed by atoms with Gasteiger partial charge < -0.3 is 4.84 Å². The van der Waals surface area contributed by atoms with Crippen LogP contribution in [0.2, 0.25) is 0 Å². The Balaban J connectivity index is 2.31. The van der Waals surface area contributed by atoms with Crippen LogP contribution in [0, 0.1) is 13.5 Å². The van der Waals surface area contributed by atoms with E-state index in [1.54, 1.807) is 6.20 Å². The molecular formula is C10H11N3O. The molecule has 1 fully saturated rings. The first kappa shape index (κ1) is 9.13. The molecule has 72 valence electrons. The van der Waals surface area contributed by atoms with Gasteiger partial charge in [0.1, 0.15) is 0 Å². The van der Waals surface area contributed by atoms with E-state index < -0.39 is 0 Å². The maximum atomic E-state index is 6.99. The van der Waals surface area contributed by atoms with Crippen molar-refractivity contribution in [3.8, 4) is 0 Å². The van der Waals surface area contributed by atoms with Crippen molar-refractivity contribution in [1.29, 1.82) is 0 Å². The molecule has 2 heterocycles. The second-order valence-corrected chi connectivity index (χ2v) is 3.29. The van der Waals surface area contributed by atoms with Crippen LogP contribution in [0.15, 0.2) is 12.3 Å². The summed E-state index contributed by atoms with van der Waals surface area (Å²) in [5.41, 5.74) is 5.33. The van der Waals surface area contributed by atoms with E-state index >= 15 is 0 Å². The molecule has 1 N–H and O–H groups in total. The average molecular weight is 189 g/mol. The number of pyridine rings is 1. The van der Waals surface area contributed by atoms with Crippen LogP contribution >= 0.6 is 0 Å². The van der Waals surface area contributed by atoms with E-state index in [2.05, 4.69) is 15.3 Å². The molecule has 4 heteroatoms. The van der Waals surface area contributed by atoms with Gasteiger partial charge in [0, 0.05) is 11.9 Å². The Kier molecular flexibility index (Phi) is 2.44. The highest BCUT2D eigenvalue weighted by Gasteiger charge is 2.18. The zero-order chi connectivity index (χ0) is 9.97. The molecule has 1 aromatic heterocycles. The fraction of sp³-hybridized carbons (Fsp3) is 0.400. The zero-order valence-corrected chi connectivity index (χ0v) is 7.95. The quantitative estimate of drug-likeness (QED) is 0.686. The predicted molar refractivity (Wildman–Crippen MR) is 51.7 cm³/mol. The summed E-state index contributed by atoms with van der Waals surface area (Å²) in [6.07, 6.45) is 2.73. The van der Waals surface area contributed by atoms with Gasteiger partial charge in [0.15, 0.2) is 0 Å². The Morgan fingerprint density at radius 2 is 2.57 bits per heavy atom. The summed E-state index contributed by atoms with van der Waals surface area (Å²) in [4.78, 5) is 12.7. The lowest BCUT2D eigenvalue weighted by atomic mass is 10.1. The van der Waals surface area contributed by atoms with E-state index in [0.29, 0.717) is 12.3 Å². The lowest BCUT2D eigenvalue weighted by molar-refractivity contribution is 0.0882. The van der Waals surface area contributed by atoms with Gasteiger partial charge >= 0.3 is 0 Å². The minimum Gasteiger partial charge on any atom is -0.301 e. The van der Waals surface area contributed by atoms with Gasteiger partial charge in [-0.15, -0.1) is 0 Å². The minimum absolute atomic E-state index is 0.184. The number of nitrogens with zero attached hydrogens (tertiary/aromatic N) is 2. The Hall–Kier alpha value is -1.44. The van der Waals surface area contributed by atoms with Gasteiger partial charge in [0.2, 0.25) is 5.69 Å². The molecule has 1 aromatic rings. The Labute approximate surface area is 82.7 Å². The summed E-state index contributed by atoms with van der Waals surface area (Å²) < 4.78 is 0. The predicted octanol–water partition coefficient (Wildman–Crippen LogP) is 1.91. The lowest BCUT2D eigenvalue weighted by Crippen LogP contribution is -2.11. The van der Waals surface area contributed by atoms with Crippen LogP contribution < -0.4 is 5.48 Å². The standard InChI is InChI=1S/C10H11N3O/c1-7-10(11-2)5-8(6-12-7)9-3-4-14-13-9/h5-6,9,13H,3-4H2,1H3/t9-/m0/s1. The van der Waals surface area contributed by atoms with Crippen LogP contribution in [0.1, 0.15) is 23.7 Å². The van der Waals surface area contributed by atoms with E-state index in [4.69, 9.17) is 11.4 Å². The van der Waals surface area contributed by atoms with Crippen LogP contribution in [-0.2, 0) is 4.84 Å². The van der Waals surface area contributed by atoms with Gasteiger partial charge in [-0.2, -0.15) is 5.48 Å². The highest BCUT2D eigenvalue weighted by Crippen LogP contribution is 2.25. The van der Waals surface area contributed by atoms with Crippen LogP contribution in [0.4, 0.5) is 5.69 Å². The maximum absolute atomic E-state index is 6.99. The van der Waals surface area contributed by atoms with E-state index in [-0.39, 0.29) is 6.04 Å². The molecule has 4 nitrogen and oxygen atoms in total. The molecule has 14 heavy (non-hydrogen) atoms. The van der Waals surface area contributed by atoms with Crippen molar-refractivity contribution >= 4 is 5.69 Å². The fourth-order valence-electron chi connectivity index (χ4n) is 1.47. The van der Waals surface area contributed by atoms with Gasteiger partial charge in [0.25, 0.3) is 0 Å². The molecule has 0 spiro atoms. The second kappa shape index (κ2) is 3.74. The molecule has 1 aliphatic heterocycles. The Morgan fingerprint density at radius 1 is 1.71 bits per heavy atom. The monoisotopic (exact) mass is 189 g/mol. The molecule has 0 saturated carbocycles. The minimum atomic E-state index is 0.184. The zero-order valence-electron chi connectivity index (χ0n) is 7.95. The van der Waals surface area contributed by atoms with Gasteiger partial charge in [0.05, 0.1) is 19.2 Å². The van der Waals surface area contributed by atoms with E-state index in [1.165, 1.54) is 0 Å². The third kappa shape index (κ3) is 1.60. The average Bonchev–Trinajstić information content (AvgIpc) is 2.71. The van der Waals surface area contributed by atoms with Crippen molar-refractivity contribution in [3.63, 3.8) is 0 Å². The smallest absolute Gasteiger partial charge is 0.208 e. The molecule has 1 aliphatic rings. The normalized spacial score (nSPS) is 20.7. The molecule has 0 radical (unpaired) electrons. The highest BCUT2D eigenvalue weighted by atomic mass is 16.7. The first-order chi connectivity index (χ1) is 6.81. The highest BCUT2D eigenvalue weighted by molar-refractivity contribution is 5.50. The van der Waals surface area contributed by atoms with Crippen LogP contribution in [0.5, 0.6) is 0 Å². The van der Waals surface area contributed by atoms with E-state index in [9.17, 15) is 0 Å². The number of hydroxylamine groups is 1. The SMILES string of the molecule is [C-]#[N+]c1cc([C@@H]2CCON2)cnc1C. The number of aromatic nitrogens is 1. The Morgan fingerprint density at radius 3 is 3.21 bits per heavy atom. The lowest BCUT2D eigenvalue weighted by Gasteiger charge is -2.09. The maximum Gasteiger partial charge on any atom is 0.208 e. The third-order valence-corrected chi connectivity index (χ3v) is 2.34. The molecule has 0 aliphatic carbocycles. The van der Waals surface area contributed by atoms with Crippen molar-refractivity contribution in [2.45, 2.75) is 19.4 Å². The van der Waals surface area contributed by atoms with Crippen molar-refractivity contribution in [2.24, 2.45) is 0 Å². The third-order valence-electron chi connectivity index (χ3n) is 2.34. The summed E-state index contributed by atoms with van der Waals surface area (Å²) in [5.74, 6) is 0. The van der Waals surface area contributed by atoms with Gasteiger partial charge in [-0.25, -0.2) is 4.85 Å². The summed E-state index contributed by atoms with van der Waals surface area (Å²) in [6, 6.07) is 2.06. The van der Waals surface area contributed by atoms with Crippen molar-refractivity contribution in [3.05, 3.63) is 34.9 Å². The summed E-state index contributed by atoms with van der Waals surface area (Å²) >= 11 is 0. The van der Waals surface area contributed by atoms with Gasteiger partial charge in [-0.3, -0.25) is 4.98 Å². The first-order valence-corrected chi connectivity index (χ1v) is 4.52. The van der Waals surface area contributed by atoms with Crippen molar-refractivity contribution in [2.75, 3.05) is 6.61 Å². The first-order valence-electron chi connectivity index (χ1n) is 4.52. The largest absolute Gasteiger partial charge is 0.301 e. The molecular weight excluding hydrogens is 178 g/mol. The molecule has 1 atom stereocenters. The number of aryl methyl sites for hydroxylation is 1. The van der Waals surface area contributed by atoms with Crippen LogP contribution in [0.25, 0.3) is 4.85 Å². The van der Waals surface area contributed by atoms with Gasteiger partial charge in [-0.05, 0) is 25.0 Å². The van der Waals surface area contributed by atoms with Crippen LogP contribution in [0.3, 0.4) is 0 Å². The molecule has 0 unspecified atom stereocenters. The topological polar surface area (TPSA) is 38.5 Å². The molecule has 1 saturated heterocycles. The summed E-state index contributed by atoms with van der Waals surface area (Å²) in [7, 11) is 0. The van der Waals surface area contributed by atoms with Crippen molar-refractivity contribution in [1.82, 2.24) is 10.5 Å². The van der Waals surface area contributed by atoms with Crippen molar-refractivity contribution < 1.29 is 4.84 Å². The van der Waals surface area contributed by atoms with E-state index in [1.807, 2.05) is 13.0 Å². The number of nitrogens with one attached hydrogen (secondary N) is 1. The summed E-state index contributed by atoms with van der Waals surface area (Å²) in [6.45, 7) is 9.54. The second-order valence-electron chi connectivity index (χ2n) is 3.29. The molecule has 2 rings (SSSR count). The fourth-order valence-corrected chi connectivity index (χ4v) is 1.47. The molecule has 0 aromatic carbocycles. The summed E-state index contributed by atoms with van der Waals surface area (Å²) in [5, 5.41) is 0. The number of hydrogen-bond acceptors (Lipinski definition) is 3. The number of rotatable bonds is 1. The molecule has 0 bridgehead atoms. The Bertz CT molecular complexity index is 377.